The molecule has 284 valence electrons. The molecule has 0 radical (unpaired) electrons. The number of anilines is 2. The fourth-order valence-electron chi connectivity index (χ4n) is 4.43. The second-order valence-corrected chi connectivity index (χ2v) is 17.6. The van der Waals surface area contributed by atoms with Crippen LogP contribution in [0.4, 0.5) is 37.7 Å². The standard InChI is InChI=1S/C15H11F3N2O4S2.C14H8BrF3N2O2S.CH4O2S.Na/c1-25(21,22)8-2-3-9-13(4-8)19-7-15(9)26(23,24)20-14-6-11(17)10(16)5-12(14)18;15-7-1-2-8-12(3-7)19-6-14(8)23(21,22)20-13-5-10(17)9(16)4-11(13)18;1-4(2)3;/h2-7,19-20H,1H3;1-6,19-20H;1H3,(H,2,3);/q;;;+1/p-1. The molecule has 24 heteroatoms. The molecule has 0 saturated heterocycles. The third kappa shape index (κ3) is 10.9. The molecule has 1 atom stereocenters. The molecule has 4 aromatic carbocycles. The number of H-pyrrole nitrogens is 2. The van der Waals surface area contributed by atoms with Crippen LogP contribution in [0.25, 0.3) is 21.8 Å². The SMILES string of the molecule is CS(=O)(=O)c1ccc2c(S(=O)(=O)Nc3cc(F)c(F)cc3F)c[nH]c2c1.CS(=O)[O-].O=S(=O)(Nc1cc(F)c(F)cc1F)c1c[nH]c2cc(Br)ccc12.[Na+]. The summed E-state index contributed by atoms with van der Waals surface area (Å²) in [5.41, 5.74) is -0.661. The maximum Gasteiger partial charge on any atom is 1.00 e. The molecule has 0 saturated carbocycles. The summed E-state index contributed by atoms with van der Waals surface area (Å²) in [5, 5.41) is 0.525. The molecule has 2 aromatic heterocycles. The minimum absolute atomic E-state index is 0. The van der Waals surface area contributed by atoms with E-state index in [1.807, 2.05) is 9.44 Å². The minimum Gasteiger partial charge on any atom is -0.773 e. The van der Waals surface area contributed by atoms with E-state index in [-0.39, 0.29) is 67.3 Å². The van der Waals surface area contributed by atoms with Gasteiger partial charge in [-0.1, -0.05) is 39.1 Å². The molecular weight excluding hydrogens is 889 g/mol. The van der Waals surface area contributed by atoms with Crippen molar-refractivity contribution in [2.45, 2.75) is 14.7 Å². The molecule has 0 aliphatic heterocycles. The zero-order valence-electron chi connectivity index (χ0n) is 27.5. The Morgan fingerprint density at radius 3 is 1.41 bits per heavy atom. The Labute approximate surface area is 336 Å². The van der Waals surface area contributed by atoms with Crippen molar-refractivity contribution in [2.24, 2.45) is 0 Å². The van der Waals surface area contributed by atoms with Gasteiger partial charge in [0.25, 0.3) is 20.0 Å². The molecule has 12 nitrogen and oxygen atoms in total. The molecule has 0 aliphatic carbocycles. The number of fused-ring (bicyclic) bond motifs is 2. The molecule has 0 fully saturated rings. The molecule has 0 aliphatic rings. The Morgan fingerprint density at radius 1 is 0.630 bits per heavy atom. The number of benzene rings is 4. The average Bonchev–Trinajstić information content (AvgIpc) is 3.67. The quantitative estimate of drug-likeness (QED) is 0.0809. The van der Waals surface area contributed by atoms with Gasteiger partial charge in [0.05, 0.1) is 16.3 Å². The maximum absolute atomic E-state index is 13.7. The number of nitrogens with one attached hydrogen (secondary N) is 4. The summed E-state index contributed by atoms with van der Waals surface area (Å²) in [6, 6.07) is 9.97. The normalized spacial score (nSPS) is 12.2. The van der Waals surface area contributed by atoms with Crippen molar-refractivity contribution in [2.75, 3.05) is 22.0 Å². The molecule has 6 aromatic rings. The second-order valence-electron chi connectivity index (χ2n) is 10.6. The van der Waals surface area contributed by atoms with Crippen LogP contribution in [0.5, 0.6) is 0 Å². The Bertz CT molecular complexity index is 2730. The Morgan fingerprint density at radius 2 is 1.00 bits per heavy atom. The van der Waals surface area contributed by atoms with Crippen LogP contribution in [0.2, 0.25) is 0 Å². The van der Waals surface area contributed by atoms with Crippen LogP contribution in [0, 0.1) is 34.9 Å². The third-order valence-corrected chi connectivity index (χ3v) is 11.2. The molecule has 4 N–H and O–H groups in total. The Hall–Kier alpha value is -3.42. The van der Waals surface area contributed by atoms with Gasteiger partial charge in [-0.05, 0) is 30.5 Å². The number of sulfonamides is 2. The molecule has 6 rings (SSSR count). The first-order valence-electron chi connectivity index (χ1n) is 13.9. The summed E-state index contributed by atoms with van der Waals surface area (Å²) in [4.78, 5) is 4.93. The van der Waals surface area contributed by atoms with E-state index < -0.39 is 87.2 Å². The summed E-state index contributed by atoms with van der Waals surface area (Å²) in [5.74, 6) is -8.12. The largest absolute Gasteiger partial charge is 1.00 e. The summed E-state index contributed by atoms with van der Waals surface area (Å²) in [7, 11) is -12.0. The summed E-state index contributed by atoms with van der Waals surface area (Å²) < 4.78 is 175. The number of rotatable bonds is 7. The van der Waals surface area contributed by atoms with Gasteiger partial charge in [0.1, 0.15) is 21.4 Å². The van der Waals surface area contributed by atoms with Crippen LogP contribution >= 0.6 is 15.9 Å². The van der Waals surface area contributed by atoms with Crippen molar-refractivity contribution < 1.29 is 89.9 Å². The fraction of sp³-hybridized carbons (Fsp3) is 0.0667. The number of aromatic nitrogens is 2. The van der Waals surface area contributed by atoms with E-state index in [0.29, 0.717) is 23.0 Å². The van der Waals surface area contributed by atoms with Crippen LogP contribution < -0.4 is 39.0 Å². The molecule has 0 bridgehead atoms. The van der Waals surface area contributed by atoms with Gasteiger partial charge in [-0.2, -0.15) is 0 Å². The third-order valence-electron chi connectivity index (χ3n) is 6.74. The first-order valence-corrected chi connectivity index (χ1v) is 21.1. The van der Waals surface area contributed by atoms with E-state index in [1.54, 1.807) is 18.2 Å². The number of hydrogen-bond acceptors (Lipinski definition) is 8. The van der Waals surface area contributed by atoms with Crippen molar-refractivity contribution in [1.82, 2.24) is 9.97 Å². The van der Waals surface area contributed by atoms with E-state index >= 15 is 0 Å². The van der Waals surface area contributed by atoms with Gasteiger partial charge in [0.15, 0.2) is 33.1 Å². The predicted octanol–water partition coefficient (Wildman–Crippen LogP) is 3.44. The fourth-order valence-corrected chi connectivity index (χ4v) is 7.91. The van der Waals surface area contributed by atoms with E-state index in [2.05, 4.69) is 25.9 Å². The van der Waals surface area contributed by atoms with Gasteiger partial charge >= 0.3 is 29.6 Å². The molecule has 0 spiro atoms. The molecule has 1 unspecified atom stereocenters. The van der Waals surface area contributed by atoms with Gasteiger partial charge in [-0.15, -0.1) is 0 Å². The van der Waals surface area contributed by atoms with E-state index in [4.69, 9.17) is 8.76 Å². The second kappa shape index (κ2) is 17.6. The molecule has 54 heavy (non-hydrogen) atoms. The Balaban J connectivity index is 0.000000261. The molecular formula is C30H22BrF6N4NaO8S4. The van der Waals surface area contributed by atoms with E-state index in [0.717, 1.165) is 23.2 Å². The number of hydrogen-bond donors (Lipinski definition) is 4. The van der Waals surface area contributed by atoms with Crippen molar-refractivity contribution in [1.29, 1.82) is 0 Å². The number of aromatic amines is 2. The predicted molar refractivity (Wildman–Crippen MR) is 186 cm³/mol. The monoisotopic (exact) mass is 910 g/mol. The summed E-state index contributed by atoms with van der Waals surface area (Å²) in [6.07, 6.45) is 4.40. The van der Waals surface area contributed by atoms with Crippen molar-refractivity contribution in [3.63, 3.8) is 0 Å². The van der Waals surface area contributed by atoms with Crippen LogP contribution in [-0.4, -0.2) is 56.5 Å². The van der Waals surface area contributed by atoms with Gasteiger partial charge < -0.3 is 14.5 Å². The maximum atomic E-state index is 13.7. The first kappa shape index (κ1) is 45.0. The zero-order chi connectivity index (χ0) is 39.6. The summed E-state index contributed by atoms with van der Waals surface area (Å²) in [6.45, 7) is 0. The van der Waals surface area contributed by atoms with Crippen LogP contribution in [0.3, 0.4) is 0 Å². The number of sulfone groups is 1. The van der Waals surface area contributed by atoms with Gasteiger partial charge in [0, 0.05) is 69.2 Å². The topological polar surface area (TPSA) is 198 Å². The van der Waals surface area contributed by atoms with Gasteiger partial charge in [-0.25, -0.2) is 51.6 Å². The van der Waals surface area contributed by atoms with Gasteiger partial charge in [0.2, 0.25) is 0 Å². The average molecular weight is 912 g/mol. The van der Waals surface area contributed by atoms with Crippen LogP contribution in [-0.2, 0) is 41.0 Å². The smallest absolute Gasteiger partial charge is 0.773 e. The van der Waals surface area contributed by atoms with E-state index in [1.165, 1.54) is 24.4 Å². The number of halogens is 7. The minimum atomic E-state index is -4.36. The van der Waals surface area contributed by atoms with Crippen molar-refractivity contribution in [3.05, 3.63) is 112 Å². The van der Waals surface area contributed by atoms with Crippen LogP contribution in [0.1, 0.15) is 0 Å². The van der Waals surface area contributed by atoms with Gasteiger partial charge in [-0.3, -0.25) is 13.7 Å². The summed E-state index contributed by atoms with van der Waals surface area (Å²) >= 11 is 1.40. The van der Waals surface area contributed by atoms with Crippen LogP contribution in [0.15, 0.2) is 92.2 Å². The zero-order valence-corrected chi connectivity index (χ0v) is 34.3. The first-order chi connectivity index (χ1) is 24.5. The Kier molecular flexibility index (Phi) is 14.6. The molecule has 2 heterocycles. The van der Waals surface area contributed by atoms with Crippen molar-refractivity contribution in [3.8, 4) is 0 Å². The molecule has 0 amide bonds. The van der Waals surface area contributed by atoms with E-state index in [9.17, 15) is 51.6 Å². The van der Waals surface area contributed by atoms with Crippen molar-refractivity contribution >= 4 is 90.1 Å².